The van der Waals surface area contributed by atoms with Gasteiger partial charge < -0.3 is 16.0 Å². The van der Waals surface area contributed by atoms with Crippen LogP contribution < -0.4 is 11.1 Å². The van der Waals surface area contributed by atoms with Gasteiger partial charge >= 0.3 is 0 Å². The summed E-state index contributed by atoms with van der Waals surface area (Å²) in [6.07, 6.45) is 4.68. The third kappa shape index (κ3) is 4.56. The Kier molecular flexibility index (Phi) is 5.69. The third-order valence-electron chi connectivity index (χ3n) is 2.66. The zero-order valence-corrected chi connectivity index (χ0v) is 11.0. The van der Waals surface area contributed by atoms with Crippen molar-refractivity contribution in [2.45, 2.75) is 26.2 Å². The second-order valence-electron chi connectivity index (χ2n) is 4.38. The molecule has 3 N–H and O–H groups in total. The van der Waals surface area contributed by atoms with Gasteiger partial charge in [0.1, 0.15) is 18.0 Å². The Morgan fingerprint density at radius 2 is 2.06 bits per heavy atom. The van der Waals surface area contributed by atoms with Crippen molar-refractivity contribution in [3.8, 4) is 0 Å². The lowest BCUT2D eigenvalue weighted by Crippen LogP contribution is -2.15. The molecule has 0 aromatic carbocycles. The zero-order chi connectivity index (χ0) is 12.7. The molecule has 5 heteroatoms. The molecule has 0 saturated carbocycles. The van der Waals surface area contributed by atoms with Crippen LogP contribution in [-0.4, -0.2) is 42.1 Å². The SMILES string of the molecule is CCc1c(N)ncnc1NCCCCN(C)C. The Morgan fingerprint density at radius 3 is 2.71 bits per heavy atom. The van der Waals surface area contributed by atoms with Gasteiger partial charge in [0.05, 0.1) is 0 Å². The number of rotatable bonds is 7. The Bertz CT molecular complexity index is 338. The van der Waals surface area contributed by atoms with Gasteiger partial charge in [-0.15, -0.1) is 0 Å². The molecule has 1 aromatic heterocycles. The predicted molar refractivity (Wildman–Crippen MR) is 72.1 cm³/mol. The molecule has 0 bridgehead atoms. The monoisotopic (exact) mass is 237 g/mol. The van der Waals surface area contributed by atoms with E-state index in [4.69, 9.17) is 5.73 Å². The molecule has 0 fully saturated rings. The molecule has 17 heavy (non-hydrogen) atoms. The van der Waals surface area contributed by atoms with Gasteiger partial charge in [-0.05, 0) is 39.9 Å². The number of unbranched alkanes of at least 4 members (excludes halogenated alkanes) is 1. The molecule has 0 aliphatic heterocycles. The molecule has 1 rings (SSSR count). The van der Waals surface area contributed by atoms with Crippen molar-refractivity contribution >= 4 is 11.6 Å². The first-order chi connectivity index (χ1) is 8.15. The zero-order valence-electron chi connectivity index (χ0n) is 11.0. The number of anilines is 2. The lowest BCUT2D eigenvalue weighted by atomic mass is 10.2. The van der Waals surface area contributed by atoms with E-state index in [1.54, 1.807) is 0 Å². The van der Waals surface area contributed by atoms with Crippen molar-refractivity contribution < 1.29 is 0 Å². The average molecular weight is 237 g/mol. The average Bonchev–Trinajstić information content (AvgIpc) is 2.28. The van der Waals surface area contributed by atoms with E-state index in [1.165, 1.54) is 12.7 Å². The summed E-state index contributed by atoms with van der Waals surface area (Å²) in [6, 6.07) is 0. The van der Waals surface area contributed by atoms with Crippen molar-refractivity contribution in [2.24, 2.45) is 0 Å². The smallest absolute Gasteiger partial charge is 0.134 e. The first kappa shape index (κ1) is 13.7. The first-order valence-corrected chi connectivity index (χ1v) is 6.13. The molecule has 0 atom stereocenters. The van der Waals surface area contributed by atoms with Crippen LogP contribution in [0.25, 0.3) is 0 Å². The van der Waals surface area contributed by atoms with Crippen LogP contribution in [0.4, 0.5) is 11.6 Å². The summed E-state index contributed by atoms with van der Waals surface area (Å²) in [5, 5.41) is 3.33. The fraction of sp³-hybridized carbons (Fsp3) is 0.667. The third-order valence-corrected chi connectivity index (χ3v) is 2.66. The molecule has 0 aliphatic carbocycles. The van der Waals surface area contributed by atoms with Crippen molar-refractivity contribution in [1.82, 2.24) is 14.9 Å². The molecule has 0 spiro atoms. The van der Waals surface area contributed by atoms with Gasteiger partial charge in [0.15, 0.2) is 0 Å². The molecule has 1 heterocycles. The van der Waals surface area contributed by atoms with Crippen LogP contribution in [0.1, 0.15) is 25.3 Å². The fourth-order valence-corrected chi connectivity index (χ4v) is 1.69. The Hall–Kier alpha value is -1.36. The van der Waals surface area contributed by atoms with Gasteiger partial charge in [-0.2, -0.15) is 0 Å². The normalized spacial score (nSPS) is 10.8. The highest BCUT2D eigenvalue weighted by Crippen LogP contribution is 2.17. The molecular formula is C12H23N5. The highest BCUT2D eigenvalue weighted by molar-refractivity contribution is 5.54. The molecule has 0 amide bonds. The molecule has 96 valence electrons. The molecule has 1 aromatic rings. The number of nitrogens with one attached hydrogen (secondary N) is 1. The molecule has 5 nitrogen and oxygen atoms in total. The molecule has 0 radical (unpaired) electrons. The van der Waals surface area contributed by atoms with Gasteiger partial charge in [0.2, 0.25) is 0 Å². The lowest BCUT2D eigenvalue weighted by molar-refractivity contribution is 0.396. The first-order valence-electron chi connectivity index (χ1n) is 6.13. The van der Waals surface area contributed by atoms with E-state index in [1.807, 2.05) is 0 Å². The minimum absolute atomic E-state index is 0.582. The van der Waals surface area contributed by atoms with Crippen LogP contribution >= 0.6 is 0 Å². The minimum Gasteiger partial charge on any atom is -0.383 e. The standard InChI is InChI=1S/C12H23N5/c1-4-10-11(13)15-9-16-12(10)14-7-5-6-8-17(2)3/h9H,4-8H2,1-3H3,(H3,13,14,15,16). The number of nitrogens with two attached hydrogens (primary N) is 1. The fourth-order valence-electron chi connectivity index (χ4n) is 1.69. The van der Waals surface area contributed by atoms with E-state index >= 15 is 0 Å². The number of nitrogens with zero attached hydrogens (tertiary/aromatic N) is 3. The van der Waals surface area contributed by atoms with E-state index < -0.39 is 0 Å². The van der Waals surface area contributed by atoms with Crippen LogP contribution in [0.2, 0.25) is 0 Å². The highest BCUT2D eigenvalue weighted by Gasteiger charge is 2.05. The second kappa shape index (κ2) is 7.06. The van der Waals surface area contributed by atoms with Crippen LogP contribution in [0.15, 0.2) is 6.33 Å². The van der Waals surface area contributed by atoms with Crippen molar-refractivity contribution in [3.05, 3.63) is 11.9 Å². The number of hydrogen-bond donors (Lipinski definition) is 2. The van der Waals surface area contributed by atoms with E-state index in [2.05, 4.69) is 41.2 Å². The quantitative estimate of drug-likeness (QED) is 0.701. The molecule has 0 aliphatic rings. The van der Waals surface area contributed by atoms with Gasteiger partial charge in [-0.3, -0.25) is 0 Å². The topological polar surface area (TPSA) is 67.1 Å². The van der Waals surface area contributed by atoms with Crippen LogP contribution in [-0.2, 0) is 6.42 Å². The Labute approximate surface area is 103 Å². The number of nitrogen functional groups attached to an aromatic ring is 1. The summed E-state index contributed by atoms with van der Waals surface area (Å²) in [7, 11) is 4.18. The molecule has 0 unspecified atom stereocenters. The lowest BCUT2D eigenvalue weighted by Gasteiger charge is -2.12. The number of aromatic nitrogens is 2. The van der Waals surface area contributed by atoms with Crippen LogP contribution in [0.3, 0.4) is 0 Å². The minimum atomic E-state index is 0.582. The highest BCUT2D eigenvalue weighted by atomic mass is 15.1. The van der Waals surface area contributed by atoms with Gasteiger partial charge in [0, 0.05) is 12.1 Å². The molecule has 0 saturated heterocycles. The number of hydrogen-bond acceptors (Lipinski definition) is 5. The van der Waals surface area contributed by atoms with Gasteiger partial charge in [-0.1, -0.05) is 6.92 Å². The molecular weight excluding hydrogens is 214 g/mol. The summed E-state index contributed by atoms with van der Waals surface area (Å²) < 4.78 is 0. The van der Waals surface area contributed by atoms with E-state index in [9.17, 15) is 0 Å². The van der Waals surface area contributed by atoms with Gasteiger partial charge in [-0.25, -0.2) is 9.97 Å². The van der Waals surface area contributed by atoms with Crippen LogP contribution in [0, 0.1) is 0 Å². The Balaban J connectivity index is 2.39. The summed E-state index contributed by atoms with van der Waals surface area (Å²) >= 11 is 0. The summed E-state index contributed by atoms with van der Waals surface area (Å²) in [5.74, 6) is 1.46. The van der Waals surface area contributed by atoms with E-state index in [-0.39, 0.29) is 0 Å². The second-order valence-corrected chi connectivity index (χ2v) is 4.38. The summed E-state index contributed by atoms with van der Waals surface area (Å²) in [5.41, 5.74) is 6.82. The van der Waals surface area contributed by atoms with Crippen LogP contribution in [0.5, 0.6) is 0 Å². The predicted octanol–water partition coefficient (Wildman–Crippen LogP) is 1.37. The van der Waals surface area contributed by atoms with Crippen molar-refractivity contribution in [2.75, 3.05) is 38.2 Å². The van der Waals surface area contributed by atoms with E-state index in [0.29, 0.717) is 5.82 Å². The van der Waals surface area contributed by atoms with Gasteiger partial charge in [0.25, 0.3) is 0 Å². The van der Waals surface area contributed by atoms with E-state index in [0.717, 1.165) is 37.3 Å². The largest absolute Gasteiger partial charge is 0.383 e. The summed E-state index contributed by atoms with van der Waals surface area (Å²) in [4.78, 5) is 10.4. The maximum Gasteiger partial charge on any atom is 0.134 e. The maximum absolute atomic E-state index is 5.80. The Morgan fingerprint density at radius 1 is 1.29 bits per heavy atom. The van der Waals surface area contributed by atoms with Crippen molar-refractivity contribution in [1.29, 1.82) is 0 Å². The van der Waals surface area contributed by atoms with Crippen molar-refractivity contribution in [3.63, 3.8) is 0 Å². The maximum atomic E-state index is 5.80. The summed E-state index contributed by atoms with van der Waals surface area (Å²) in [6.45, 7) is 4.11.